The Kier molecular flexibility index (Phi) is 5.34. The predicted molar refractivity (Wildman–Crippen MR) is 95.3 cm³/mol. The third-order valence-electron chi connectivity index (χ3n) is 4.34. The molecule has 1 fully saturated rings. The molecule has 0 aliphatic carbocycles. The van der Waals surface area contributed by atoms with Crippen molar-refractivity contribution in [2.24, 2.45) is 0 Å². The maximum absolute atomic E-state index is 5.83. The van der Waals surface area contributed by atoms with Gasteiger partial charge in [0.15, 0.2) is 0 Å². The van der Waals surface area contributed by atoms with E-state index in [1.54, 1.807) is 0 Å². The van der Waals surface area contributed by atoms with Crippen molar-refractivity contribution in [2.45, 2.75) is 18.9 Å². The zero-order valence-corrected chi connectivity index (χ0v) is 14.4. The maximum Gasteiger partial charge on any atom is 0.127 e. The molecule has 0 radical (unpaired) electrons. The molecule has 0 saturated carbocycles. The number of piperidine rings is 1. The van der Waals surface area contributed by atoms with E-state index in [0.717, 1.165) is 36.4 Å². The van der Waals surface area contributed by atoms with Gasteiger partial charge >= 0.3 is 0 Å². The average molecular weight is 363 g/mol. The second-order valence-corrected chi connectivity index (χ2v) is 6.93. The smallest absolute Gasteiger partial charge is 0.127 e. The van der Waals surface area contributed by atoms with Crippen molar-refractivity contribution >= 4 is 22.0 Å². The van der Waals surface area contributed by atoms with E-state index in [4.69, 9.17) is 4.74 Å². The van der Waals surface area contributed by atoms with E-state index < -0.39 is 0 Å². The van der Waals surface area contributed by atoms with Crippen molar-refractivity contribution in [2.75, 3.05) is 32.8 Å². The summed E-state index contributed by atoms with van der Waals surface area (Å²) in [6.45, 7) is 8.75. The van der Waals surface area contributed by atoms with Gasteiger partial charge in [0.25, 0.3) is 0 Å². The van der Waals surface area contributed by atoms with Gasteiger partial charge in [-0.05, 0) is 55.8 Å². The maximum atomic E-state index is 5.83. The summed E-state index contributed by atoms with van der Waals surface area (Å²) in [7, 11) is 0. The highest BCUT2D eigenvalue weighted by atomic mass is 79.9. The summed E-state index contributed by atoms with van der Waals surface area (Å²) in [5.74, 6) is 0.977. The Morgan fingerprint density at radius 1 is 1.36 bits per heavy atom. The van der Waals surface area contributed by atoms with Gasteiger partial charge in [-0.15, -0.1) is 6.58 Å². The van der Waals surface area contributed by atoms with Crippen LogP contribution in [0.15, 0.2) is 40.9 Å². The highest BCUT2D eigenvalue weighted by Crippen LogP contribution is 2.29. The number of fused-ring (bicyclic) bond motifs is 1. The van der Waals surface area contributed by atoms with Crippen LogP contribution in [0.1, 0.15) is 18.4 Å². The standard InChI is InChI=1S/C18H23BrN2O/c1-2-7-21-8-5-17(6-9-21)20-12-14-10-15-11-16(19)3-4-18(15)22-13-14/h2-4,10-11,17,20H,1,5-9,12-13H2. The summed E-state index contributed by atoms with van der Waals surface area (Å²) in [4.78, 5) is 2.46. The molecular weight excluding hydrogens is 340 g/mol. The van der Waals surface area contributed by atoms with E-state index in [1.807, 2.05) is 18.2 Å². The lowest BCUT2D eigenvalue weighted by Gasteiger charge is -2.32. The first-order valence-electron chi connectivity index (χ1n) is 7.93. The first-order valence-corrected chi connectivity index (χ1v) is 8.72. The SMILES string of the molecule is C=CCN1CCC(NCC2=Cc3cc(Br)ccc3OC2)CC1. The molecule has 22 heavy (non-hydrogen) atoms. The van der Waals surface area contributed by atoms with Gasteiger partial charge in [0, 0.05) is 29.2 Å². The van der Waals surface area contributed by atoms with Gasteiger partial charge < -0.3 is 10.1 Å². The van der Waals surface area contributed by atoms with E-state index in [9.17, 15) is 0 Å². The lowest BCUT2D eigenvalue weighted by Crippen LogP contribution is -2.43. The van der Waals surface area contributed by atoms with Crippen LogP contribution in [-0.4, -0.2) is 43.7 Å². The van der Waals surface area contributed by atoms with Gasteiger partial charge in [0.1, 0.15) is 12.4 Å². The molecule has 2 aliphatic heterocycles. The summed E-state index contributed by atoms with van der Waals surface area (Å²) < 4.78 is 6.92. The second-order valence-electron chi connectivity index (χ2n) is 6.02. The van der Waals surface area contributed by atoms with Crippen molar-refractivity contribution in [1.82, 2.24) is 10.2 Å². The lowest BCUT2D eigenvalue weighted by atomic mass is 10.0. The van der Waals surface area contributed by atoms with Gasteiger partial charge in [0.05, 0.1) is 0 Å². The van der Waals surface area contributed by atoms with Crippen molar-refractivity contribution in [3.8, 4) is 5.75 Å². The summed E-state index contributed by atoms with van der Waals surface area (Å²) in [6, 6.07) is 6.77. The van der Waals surface area contributed by atoms with Crippen LogP contribution in [0.4, 0.5) is 0 Å². The van der Waals surface area contributed by atoms with Gasteiger partial charge in [-0.1, -0.05) is 22.0 Å². The normalized spacial score (nSPS) is 19.2. The molecule has 0 aromatic heterocycles. The minimum absolute atomic E-state index is 0.617. The molecule has 0 atom stereocenters. The van der Waals surface area contributed by atoms with Gasteiger partial charge in [0.2, 0.25) is 0 Å². The third-order valence-corrected chi connectivity index (χ3v) is 4.83. The Balaban J connectivity index is 1.51. The number of halogens is 1. The second kappa shape index (κ2) is 7.44. The van der Waals surface area contributed by atoms with Crippen LogP contribution < -0.4 is 10.1 Å². The third kappa shape index (κ3) is 4.00. The first kappa shape index (κ1) is 15.8. The number of rotatable bonds is 5. The summed E-state index contributed by atoms with van der Waals surface area (Å²) in [5.41, 5.74) is 2.48. The molecule has 0 spiro atoms. The number of hydrogen-bond donors (Lipinski definition) is 1. The number of nitrogens with zero attached hydrogens (tertiary/aromatic N) is 1. The van der Waals surface area contributed by atoms with Crippen LogP contribution in [0.3, 0.4) is 0 Å². The Morgan fingerprint density at radius 3 is 2.95 bits per heavy atom. The topological polar surface area (TPSA) is 24.5 Å². The fraction of sp³-hybridized carbons (Fsp3) is 0.444. The minimum Gasteiger partial charge on any atom is -0.489 e. The molecule has 0 amide bonds. The first-order chi connectivity index (χ1) is 10.7. The molecule has 0 bridgehead atoms. The summed E-state index contributed by atoms with van der Waals surface area (Å²) >= 11 is 3.52. The van der Waals surface area contributed by atoms with E-state index >= 15 is 0 Å². The van der Waals surface area contributed by atoms with Crippen molar-refractivity contribution < 1.29 is 4.74 Å². The van der Waals surface area contributed by atoms with Crippen LogP contribution in [-0.2, 0) is 0 Å². The monoisotopic (exact) mass is 362 g/mol. The molecule has 118 valence electrons. The average Bonchev–Trinajstić information content (AvgIpc) is 2.54. The minimum atomic E-state index is 0.617. The summed E-state index contributed by atoms with van der Waals surface area (Å²) in [6.07, 6.45) is 6.67. The van der Waals surface area contributed by atoms with Crippen LogP contribution in [0, 0.1) is 0 Å². The Bertz CT molecular complexity index is 562. The highest BCUT2D eigenvalue weighted by Gasteiger charge is 2.19. The summed E-state index contributed by atoms with van der Waals surface area (Å²) in [5, 5.41) is 3.69. The predicted octanol–water partition coefficient (Wildman–Crippen LogP) is 3.46. The zero-order valence-electron chi connectivity index (χ0n) is 12.9. The van der Waals surface area contributed by atoms with Crippen molar-refractivity contribution in [3.63, 3.8) is 0 Å². The van der Waals surface area contributed by atoms with E-state index in [-0.39, 0.29) is 0 Å². The molecule has 2 aliphatic rings. The van der Waals surface area contributed by atoms with Crippen LogP contribution in [0.2, 0.25) is 0 Å². The molecular formula is C18H23BrN2O. The van der Waals surface area contributed by atoms with Crippen molar-refractivity contribution in [3.05, 3.63) is 46.5 Å². The van der Waals surface area contributed by atoms with E-state index in [1.165, 1.54) is 24.0 Å². The van der Waals surface area contributed by atoms with Gasteiger partial charge in [-0.3, -0.25) is 4.90 Å². The number of benzene rings is 1. The fourth-order valence-electron chi connectivity index (χ4n) is 3.08. The van der Waals surface area contributed by atoms with Crippen LogP contribution >= 0.6 is 15.9 Å². The fourth-order valence-corrected chi connectivity index (χ4v) is 3.45. The number of likely N-dealkylation sites (tertiary alicyclic amines) is 1. The van der Waals surface area contributed by atoms with Gasteiger partial charge in [-0.2, -0.15) is 0 Å². The number of hydrogen-bond acceptors (Lipinski definition) is 3. The lowest BCUT2D eigenvalue weighted by molar-refractivity contribution is 0.216. The molecule has 0 unspecified atom stereocenters. The molecule has 3 rings (SSSR count). The van der Waals surface area contributed by atoms with E-state index in [0.29, 0.717) is 12.6 Å². The molecule has 1 aromatic carbocycles. The van der Waals surface area contributed by atoms with Crippen LogP contribution in [0.5, 0.6) is 5.75 Å². The zero-order chi connectivity index (χ0) is 15.4. The Morgan fingerprint density at radius 2 is 2.18 bits per heavy atom. The molecule has 1 saturated heterocycles. The van der Waals surface area contributed by atoms with Crippen molar-refractivity contribution in [1.29, 1.82) is 0 Å². The van der Waals surface area contributed by atoms with Gasteiger partial charge in [-0.25, -0.2) is 0 Å². The van der Waals surface area contributed by atoms with Crippen LogP contribution in [0.25, 0.3) is 6.08 Å². The number of nitrogens with one attached hydrogen (secondary N) is 1. The Hall–Kier alpha value is -1.10. The van der Waals surface area contributed by atoms with E-state index in [2.05, 4.69) is 44.9 Å². The molecule has 1 aromatic rings. The molecule has 4 heteroatoms. The highest BCUT2D eigenvalue weighted by molar-refractivity contribution is 9.10. The molecule has 2 heterocycles. The molecule has 1 N–H and O–H groups in total. The largest absolute Gasteiger partial charge is 0.489 e. The number of ether oxygens (including phenoxy) is 1. The molecule has 3 nitrogen and oxygen atoms in total. The Labute approximate surface area is 141 Å². The quantitative estimate of drug-likeness (QED) is 0.811.